The number of rotatable bonds is 5. The van der Waals surface area contributed by atoms with Crippen LogP contribution in [-0.4, -0.2) is 55.9 Å². The van der Waals surface area contributed by atoms with Gasteiger partial charge < -0.3 is 9.64 Å². The second-order valence-electron chi connectivity index (χ2n) is 7.19. The fourth-order valence-electron chi connectivity index (χ4n) is 3.14. The van der Waals surface area contributed by atoms with E-state index in [9.17, 15) is 18.0 Å². The van der Waals surface area contributed by atoms with Crippen molar-refractivity contribution in [3.8, 4) is 0 Å². The van der Waals surface area contributed by atoms with Crippen molar-refractivity contribution in [3.05, 3.63) is 0 Å². The molecule has 0 spiro atoms. The summed E-state index contributed by atoms with van der Waals surface area (Å²) in [5.74, 6) is -0.161. The van der Waals surface area contributed by atoms with Gasteiger partial charge >= 0.3 is 5.97 Å². The highest BCUT2D eigenvalue weighted by atomic mass is 32.2. The minimum absolute atomic E-state index is 0.105. The molecule has 1 amide bonds. The van der Waals surface area contributed by atoms with Gasteiger partial charge in [-0.15, -0.1) is 0 Å². The van der Waals surface area contributed by atoms with E-state index in [4.69, 9.17) is 4.74 Å². The van der Waals surface area contributed by atoms with E-state index in [0.29, 0.717) is 0 Å². The van der Waals surface area contributed by atoms with Gasteiger partial charge in [-0.05, 0) is 38.0 Å². The third-order valence-electron chi connectivity index (χ3n) is 5.19. The summed E-state index contributed by atoms with van der Waals surface area (Å²) in [5, 5.41) is -0.636. The number of carbonyl (C=O) groups excluding carboxylic acids is 2. The summed E-state index contributed by atoms with van der Waals surface area (Å²) in [4.78, 5) is 26.0. The SMILES string of the molecule is COC(=O)[C@@H]1C[C@@H](S(=O)(=O)CC2CC2)CN1C(=O)C1(C)CC1. The average Bonchev–Trinajstić information content (AvgIpc) is 3.37. The highest BCUT2D eigenvalue weighted by Gasteiger charge is 2.53. The van der Waals surface area contributed by atoms with Crippen molar-refractivity contribution in [1.82, 2.24) is 4.90 Å². The normalized spacial score (nSPS) is 30.2. The molecule has 3 fully saturated rings. The van der Waals surface area contributed by atoms with Crippen molar-refractivity contribution in [1.29, 1.82) is 0 Å². The molecule has 0 aromatic rings. The Balaban J connectivity index is 1.78. The van der Waals surface area contributed by atoms with Crippen LogP contribution < -0.4 is 0 Å². The minimum Gasteiger partial charge on any atom is -0.467 e. The van der Waals surface area contributed by atoms with Crippen LogP contribution in [0.2, 0.25) is 0 Å². The van der Waals surface area contributed by atoms with Crippen molar-refractivity contribution < 1.29 is 22.7 Å². The Morgan fingerprint density at radius 2 is 1.91 bits per heavy atom. The Bertz CT molecular complexity index is 591. The average molecular weight is 329 g/mol. The first-order chi connectivity index (χ1) is 10.3. The van der Waals surface area contributed by atoms with E-state index in [2.05, 4.69) is 0 Å². The van der Waals surface area contributed by atoms with Gasteiger partial charge in [-0.3, -0.25) is 4.79 Å². The molecule has 2 aliphatic carbocycles. The molecule has 3 rings (SSSR count). The number of ether oxygens (including phenoxy) is 1. The fourth-order valence-corrected chi connectivity index (χ4v) is 5.26. The van der Waals surface area contributed by atoms with Crippen LogP contribution in [0.5, 0.6) is 0 Å². The molecule has 2 saturated carbocycles. The van der Waals surface area contributed by atoms with Crippen LogP contribution in [0.25, 0.3) is 0 Å². The molecular weight excluding hydrogens is 306 g/mol. The lowest BCUT2D eigenvalue weighted by Gasteiger charge is -2.25. The number of sulfone groups is 1. The highest BCUT2D eigenvalue weighted by molar-refractivity contribution is 7.92. The van der Waals surface area contributed by atoms with Gasteiger partial charge in [0.2, 0.25) is 5.91 Å². The van der Waals surface area contributed by atoms with E-state index in [1.807, 2.05) is 6.92 Å². The molecule has 0 aromatic carbocycles. The van der Waals surface area contributed by atoms with Crippen LogP contribution in [-0.2, 0) is 24.2 Å². The third-order valence-corrected chi connectivity index (χ3v) is 7.48. The van der Waals surface area contributed by atoms with Crippen LogP contribution in [0.1, 0.15) is 39.0 Å². The molecule has 1 aliphatic heterocycles. The van der Waals surface area contributed by atoms with Crippen LogP contribution in [0.15, 0.2) is 0 Å². The van der Waals surface area contributed by atoms with Crippen LogP contribution in [0.4, 0.5) is 0 Å². The zero-order chi connectivity index (χ0) is 16.1. The number of nitrogens with zero attached hydrogens (tertiary/aromatic N) is 1. The minimum atomic E-state index is -3.26. The first kappa shape index (κ1) is 15.8. The Labute approximate surface area is 131 Å². The van der Waals surface area contributed by atoms with Crippen molar-refractivity contribution in [3.63, 3.8) is 0 Å². The molecule has 0 radical (unpaired) electrons. The van der Waals surface area contributed by atoms with Crippen LogP contribution in [0.3, 0.4) is 0 Å². The lowest BCUT2D eigenvalue weighted by atomic mass is 10.1. The standard InChI is InChI=1S/C15H23NO5S/c1-15(5-6-15)14(18)16-8-11(7-12(16)13(17)21-2)22(19,20)9-10-3-4-10/h10-12H,3-9H2,1-2H3/t11-,12+/m1/s1. The molecule has 1 heterocycles. The molecule has 3 aliphatic rings. The van der Waals surface area contributed by atoms with Gasteiger partial charge in [0.25, 0.3) is 0 Å². The zero-order valence-electron chi connectivity index (χ0n) is 13.1. The quantitative estimate of drug-likeness (QED) is 0.696. The fraction of sp³-hybridized carbons (Fsp3) is 0.867. The Morgan fingerprint density at radius 3 is 2.41 bits per heavy atom. The van der Waals surface area contributed by atoms with Crippen LogP contribution >= 0.6 is 0 Å². The van der Waals surface area contributed by atoms with Gasteiger partial charge in [0.15, 0.2) is 9.84 Å². The Hall–Kier alpha value is -1.11. The first-order valence-electron chi connectivity index (χ1n) is 7.87. The van der Waals surface area contributed by atoms with Crippen molar-refractivity contribution in [2.45, 2.75) is 50.3 Å². The smallest absolute Gasteiger partial charge is 0.328 e. The molecule has 6 nitrogen and oxygen atoms in total. The number of esters is 1. The lowest BCUT2D eigenvalue weighted by Crippen LogP contribution is -2.44. The molecule has 7 heteroatoms. The van der Waals surface area contributed by atoms with E-state index in [1.165, 1.54) is 12.0 Å². The molecule has 1 saturated heterocycles. The largest absolute Gasteiger partial charge is 0.467 e. The summed E-state index contributed by atoms with van der Waals surface area (Å²) in [5.41, 5.74) is -0.415. The molecule has 124 valence electrons. The summed E-state index contributed by atoms with van der Waals surface area (Å²) < 4.78 is 29.7. The van der Waals surface area contributed by atoms with E-state index >= 15 is 0 Å². The number of hydrogen-bond donors (Lipinski definition) is 0. The monoisotopic (exact) mass is 329 g/mol. The predicted octanol–water partition coefficient (Wildman–Crippen LogP) is 0.754. The van der Waals surface area contributed by atoms with E-state index in [-0.39, 0.29) is 30.5 Å². The topological polar surface area (TPSA) is 80.8 Å². The lowest BCUT2D eigenvalue weighted by molar-refractivity contribution is -0.152. The maximum Gasteiger partial charge on any atom is 0.328 e. The van der Waals surface area contributed by atoms with Crippen molar-refractivity contribution in [2.24, 2.45) is 11.3 Å². The summed E-state index contributed by atoms with van der Waals surface area (Å²) in [6, 6.07) is -0.756. The number of amides is 1. The van der Waals surface area contributed by atoms with E-state index in [1.54, 1.807) is 0 Å². The van der Waals surface area contributed by atoms with Crippen molar-refractivity contribution >= 4 is 21.7 Å². The second-order valence-corrected chi connectivity index (χ2v) is 9.51. The molecule has 22 heavy (non-hydrogen) atoms. The molecule has 0 N–H and O–H groups in total. The molecule has 0 unspecified atom stereocenters. The highest BCUT2D eigenvalue weighted by Crippen LogP contribution is 2.48. The summed E-state index contributed by atoms with van der Waals surface area (Å²) in [6.45, 7) is 2.00. The van der Waals surface area contributed by atoms with Gasteiger partial charge in [-0.2, -0.15) is 0 Å². The van der Waals surface area contributed by atoms with Gasteiger partial charge in [-0.1, -0.05) is 6.92 Å². The summed E-state index contributed by atoms with van der Waals surface area (Å²) in [6.07, 6.45) is 3.70. The Kier molecular flexibility index (Phi) is 3.74. The maximum atomic E-state index is 12.6. The zero-order valence-corrected chi connectivity index (χ0v) is 13.9. The first-order valence-corrected chi connectivity index (χ1v) is 9.59. The van der Waals surface area contributed by atoms with Gasteiger partial charge in [0, 0.05) is 12.0 Å². The van der Waals surface area contributed by atoms with E-state index in [0.717, 1.165) is 25.7 Å². The number of hydrogen-bond acceptors (Lipinski definition) is 5. The molecule has 0 bridgehead atoms. The number of methoxy groups -OCH3 is 1. The van der Waals surface area contributed by atoms with Crippen LogP contribution in [0, 0.1) is 11.3 Å². The van der Waals surface area contributed by atoms with Gasteiger partial charge in [0.1, 0.15) is 6.04 Å². The Morgan fingerprint density at radius 1 is 1.27 bits per heavy atom. The maximum absolute atomic E-state index is 12.6. The molecule has 0 aromatic heterocycles. The molecular formula is C15H23NO5S. The number of likely N-dealkylation sites (tertiary alicyclic amines) is 1. The predicted molar refractivity (Wildman–Crippen MR) is 79.8 cm³/mol. The van der Waals surface area contributed by atoms with E-state index < -0.39 is 32.5 Å². The summed E-state index contributed by atoms with van der Waals surface area (Å²) >= 11 is 0. The van der Waals surface area contributed by atoms with Crippen molar-refractivity contribution in [2.75, 3.05) is 19.4 Å². The third kappa shape index (κ3) is 2.87. The van der Waals surface area contributed by atoms with Gasteiger partial charge in [-0.25, -0.2) is 13.2 Å². The van der Waals surface area contributed by atoms with Gasteiger partial charge in [0.05, 0.1) is 18.1 Å². The second kappa shape index (κ2) is 5.22. The molecule has 2 atom stereocenters. The number of carbonyl (C=O) groups is 2. The summed E-state index contributed by atoms with van der Waals surface area (Å²) in [7, 11) is -1.99.